The molecule has 0 aliphatic heterocycles. The lowest BCUT2D eigenvalue weighted by Crippen LogP contribution is -2.00. The van der Waals surface area contributed by atoms with Crippen molar-refractivity contribution < 1.29 is 14.8 Å². The predicted molar refractivity (Wildman–Crippen MR) is 60.1 cm³/mol. The topological polar surface area (TPSA) is 84.6 Å². The van der Waals surface area contributed by atoms with E-state index in [-0.39, 0.29) is 22.9 Å². The predicted octanol–water partition coefficient (Wildman–Crippen LogP) is 2.13. The Hall–Kier alpha value is -1.98. The lowest BCUT2D eigenvalue weighted by molar-refractivity contribution is -0.384. The number of benzene rings is 1. The van der Waals surface area contributed by atoms with Crippen LogP contribution in [0.4, 0.5) is 11.4 Å². The van der Waals surface area contributed by atoms with Crippen molar-refractivity contribution in [2.75, 3.05) is 19.0 Å². The molecule has 0 saturated heterocycles. The zero-order valence-electron chi connectivity index (χ0n) is 9.19. The van der Waals surface area contributed by atoms with E-state index in [0.29, 0.717) is 6.61 Å². The van der Waals surface area contributed by atoms with Gasteiger partial charge in [-0.2, -0.15) is 0 Å². The van der Waals surface area contributed by atoms with E-state index in [1.54, 1.807) is 0 Å². The highest BCUT2D eigenvalue weighted by Gasteiger charge is 2.20. The van der Waals surface area contributed by atoms with Crippen molar-refractivity contribution in [3.63, 3.8) is 0 Å². The SMILES string of the molecule is CCCOc1ccc([N+](=O)[O-])c(NC)c1O. The number of phenols is 1. The zero-order valence-corrected chi connectivity index (χ0v) is 9.19. The molecule has 0 unspecified atom stereocenters. The molecule has 0 amide bonds. The summed E-state index contributed by atoms with van der Waals surface area (Å²) in [6.07, 6.45) is 0.797. The number of aromatic hydroxyl groups is 1. The van der Waals surface area contributed by atoms with Gasteiger partial charge in [-0.25, -0.2) is 0 Å². The van der Waals surface area contributed by atoms with Gasteiger partial charge in [0.15, 0.2) is 17.2 Å². The van der Waals surface area contributed by atoms with Gasteiger partial charge in [0.2, 0.25) is 0 Å². The second kappa shape index (κ2) is 5.20. The van der Waals surface area contributed by atoms with E-state index < -0.39 is 4.92 Å². The fourth-order valence-corrected chi connectivity index (χ4v) is 1.29. The maximum Gasteiger partial charge on any atom is 0.296 e. The molecule has 0 spiro atoms. The molecule has 6 nitrogen and oxygen atoms in total. The van der Waals surface area contributed by atoms with Crippen LogP contribution in [0.2, 0.25) is 0 Å². The van der Waals surface area contributed by atoms with E-state index in [2.05, 4.69) is 5.32 Å². The molecule has 1 aromatic carbocycles. The molecule has 6 heteroatoms. The van der Waals surface area contributed by atoms with Crippen LogP contribution in [0.3, 0.4) is 0 Å². The Morgan fingerprint density at radius 2 is 2.25 bits per heavy atom. The van der Waals surface area contributed by atoms with Crippen LogP contribution in [0.25, 0.3) is 0 Å². The van der Waals surface area contributed by atoms with E-state index >= 15 is 0 Å². The van der Waals surface area contributed by atoms with Crippen LogP contribution in [0.15, 0.2) is 12.1 Å². The number of nitro benzene ring substituents is 1. The summed E-state index contributed by atoms with van der Waals surface area (Å²) in [5.41, 5.74) is -0.109. The third-order valence-electron chi connectivity index (χ3n) is 2.03. The van der Waals surface area contributed by atoms with Gasteiger partial charge in [-0.15, -0.1) is 0 Å². The molecule has 88 valence electrons. The number of hydrogen-bond acceptors (Lipinski definition) is 5. The Kier molecular flexibility index (Phi) is 3.93. The largest absolute Gasteiger partial charge is 0.503 e. The van der Waals surface area contributed by atoms with Crippen molar-refractivity contribution in [1.82, 2.24) is 0 Å². The lowest BCUT2D eigenvalue weighted by atomic mass is 10.2. The molecule has 0 fully saturated rings. The van der Waals surface area contributed by atoms with Gasteiger partial charge in [-0.3, -0.25) is 10.1 Å². The minimum Gasteiger partial charge on any atom is -0.503 e. The highest BCUT2D eigenvalue weighted by molar-refractivity contribution is 5.73. The van der Waals surface area contributed by atoms with Gasteiger partial charge in [0, 0.05) is 13.1 Å². The number of rotatable bonds is 5. The number of anilines is 1. The van der Waals surface area contributed by atoms with E-state index in [0.717, 1.165) is 6.42 Å². The minimum absolute atomic E-state index is 0.0682. The summed E-state index contributed by atoms with van der Waals surface area (Å²) in [7, 11) is 1.51. The fraction of sp³-hybridized carbons (Fsp3) is 0.400. The van der Waals surface area contributed by atoms with Gasteiger partial charge in [-0.05, 0) is 12.5 Å². The van der Waals surface area contributed by atoms with Crippen LogP contribution in [0.5, 0.6) is 11.5 Å². The van der Waals surface area contributed by atoms with Crippen LogP contribution in [0, 0.1) is 10.1 Å². The molecule has 0 bridgehead atoms. The van der Waals surface area contributed by atoms with Crippen molar-refractivity contribution in [1.29, 1.82) is 0 Å². The van der Waals surface area contributed by atoms with Crippen LogP contribution < -0.4 is 10.1 Å². The monoisotopic (exact) mass is 226 g/mol. The van der Waals surface area contributed by atoms with Crippen molar-refractivity contribution in [2.24, 2.45) is 0 Å². The molecule has 1 rings (SSSR count). The average molecular weight is 226 g/mol. The van der Waals surface area contributed by atoms with Gasteiger partial charge in [0.05, 0.1) is 11.5 Å². The van der Waals surface area contributed by atoms with Crippen LogP contribution in [0.1, 0.15) is 13.3 Å². The summed E-state index contributed by atoms with van der Waals surface area (Å²) in [5.74, 6) is 0.0157. The maximum absolute atomic E-state index is 10.7. The summed E-state index contributed by atoms with van der Waals surface area (Å²) < 4.78 is 5.25. The number of hydrogen-bond donors (Lipinski definition) is 2. The molecule has 0 heterocycles. The molecular weight excluding hydrogens is 212 g/mol. The number of phenolic OH excluding ortho intramolecular Hbond substituents is 1. The van der Waals surface area contributed by atoms with Gasteiger partial charge in [-0.1, -0.05) is 6.92 Å². The van der Waals surface area contributed by atoms with E-state index in [4.69, 9.17) is 4.74 Å². The number of ether oxygens (including phenoxy) is 1. The first-order valence-electron chi connectivity index (χ1n) is 4.92. The Labute approximate surface area is 93.0 Å². The smallest absolute Gasteiger partial charge is 0.296 e. The third kappa shape index (κ3) is 2.33. The third-order valence-corrected chi connectivity index (χ3v) is 2.03. The molecule has 0 aliphatic carbocycles. The Balaban J connectivity index is 3.12. The Morgan fingerprint density at radius 1 is 1.56 bits per heavy atom. The molecule has 16 heavy (non-hydrogen) atoms. The number of nitro groups is 1. The van der Waals surface area contributed by atoms with E-state index in [1.165, 1.54) is 19.2 Å². The zero-order chi connectivity index (χ0) is 12.1. The highest BCUT2D eigenvalue weighted by Crippen LogP contribution is 2.40. The molecule has 0 aliphatic rings. The maximum atomic E-state index is 10.7. The normalized spacial score (nSPS) is 9.88. The van der Waals surface area contributed by atoms with Crippen molar-refractivity contribution >= 4 is 11.4 Å². The molecule has 2 N–H and O–H groups in total. The molecule has 0 aromatic heterocycles. The first kappa shape index (κ1) is 12.1. The van der Waals surface area contributed by atoms with Crippen LogP contribution >= 0.6 is 0 Å². The summed E-state index contributed by atoms with van der Waals surface area (Å²) in [6.45, 7) is 2.38. The number of nitrogens with zero attached hydrogens (tertiary/aromatic N) is 1. The lowest BCUT2D eigenvalue weighted by Gasteiger charge is -2.10. The van der Waals surface area contributed by atoms with E-state index in [1.807, 2.05) is 6.92 Å². The Bertz CT molecular complexity index is 393. The molecule has 0 saturated carbocycles. The second-order valence-corrected chi connectivity index (χ2v) is 3.16. The first-order valence-corrected chi connectivity index (χ1v) is 4.92. The van der Waals surface area contributed by atoms with Crippen molar-refractivity contribution in [2.45, 2.75) is 13.3 Å². The summed E-state index contributed by atoms with van der Waals surface area (Å²) in [5, 5.41) is 23.0. The quantitative estimate of drug-likeness (QED) is 0.456. The molecule has 0 atom stereocenters. The van der Waals surface area contributed by atoms with Gasteiger partial charge in [0.1, 0.15) is 0 Å². The fourth-order valence-electron chi connectivity index (χ4n) is 1.29. The standard InChI is InChI=1S/C10H14N2O4/c1-3-6-16-8-5-4-7(12(14)15)9(11-2)10(8)13/h4-5,11,13H,3,6H2,1-2H3. The molecular formula is C10H14N2O4. The van der Waals surface area contributed by atoms with E-state index in [9.17, 15) is 15.2 Å². The van der Waals surface area contributed by atoms with Gasteiger partial charge in [0.25, 0.3) is 5.69 Å². The van der Waals surface area contributed by atoms with Crippen LogP contribution in [-0.2, 0) is 0 Å². The summed E-state index contributed by atoms with van der Waals surface area (Å²) >= 11 is 0. The van der Waals surface area contributed by atoms with Crippen LogP contribution in [-0.4, -0.2) is 23.7 Å². The second-order valence-electron chi connectivity index (χ2n) is 3.16. The average Bonchev–Trinajstić information content (AvgIpc) is 2.26. The van der Waals surface area contributed by atoms with Gasteiger partial charge >= 0.3 is 0 Å². The van der Waals surface area contributed by atoms with Crippen molar-refractivity contribution in [3.8, 4) is 11.5 Å². The molecule has 1 aromatic rings. The first-order chi connectivity index (χ1) is 7.61. The minimum atomic E-state index is -0.560. The molecule has 0 radical (unpaired) electrons. The highest BCUT2D eigenvalue weighted by atomic mass is 16.6. The Morgan fingerprint density at radius 3 is 2.75 bits per heavy atom. The van der Waals surface area contributed by atoms with Crippen molar-refractivity contribution in [3.05, 3.63) is 22.2 Å². The number of nitrogens with one attached hydrogen (secondary N) is 1. The van der Waals surface area contributed by atoms with Gasteiger partial charge < -0.3 is 15.2 Å². The summed E-state index contributed by atoms with van der Waals surface area (Å²) in [6, 6.07) is 2.69. The summed E-state index contributed by atoms with van der Waals surface area (Å²) in [4.78, 5) is 10.1.